The van der Waals surface area contributed by atoms with Crippen LogP contribution in [0.25, 0.3) is 0 Å². The Morgan fingerprint density at radius 3 is 2.73 bits per heavy atom. The largest absolute Gasteiger partial charge is 0.340 e. The summed E-state index contributed by atoms with van der Waals surface area (Å²) >= 11 is 0. The molecule has 1 rings (SSSR count). The number of carbonyl (C=O) groups excluding carboxylic acids is 1. The first kappa shape index (κ1) is 12.4. The summed E-state index contributed by atoms with van der Waals surface area (Å²) in [7, 11) is -3.24. The Balaban J connectivity index is 2.41. The van der Waals surface area contributed by atoms with Crippen LogP contribution in [0.4, 0.5) is 0 Å². The Bertz CT molecular complexity index is 328. The molecule has 0 aliphatic carbocycles. The zero-order chi connectivity index (χ0) is 11.5. The Hall–Kier alpha value is -0.660. The van der Waals surface area contributed by atoms with Crippen molar-refractivity contribution in [2.24, 2.45) is 5.73 Å². The molecule has 88 valence electrons. The fourth-order valence-corrected chi connectivity index (χ4v) is 2.55. The number of nitrogens with zero attached hydrogens (tertiary/aromatic N) is 1. The van der Waals surface area contributed by atoms with Crippen LogP contribution in [0, 0.1) is 0 Å². The molecule has 1 unspecified atom stereocenters. The van der Waals surface area contributed by atoms with Gasteiger partial charge in [0.25, 0.3) is 0 Å². The molecule has 7 heteroatoms. The molecule has 0 radical (unpaired) electrons. The summed E-state index contributed by atoms with van der Waals surface area (Å²) in [5.41, 5.74) is 5.51. The van der Waals surface area contributed by atoms with Crippen LogP contribution in [0.2, 0.25) is 0 Å². The molecule has 3 N–H and O–H groups in total. The van der Waals surface area contributed by atoms with Gasteiger partial charge in [-0.15, -0.1) is 0 Å². The van der Waals surface area contributed by atoms with Gasteiger partial charge in [0.1, 0.15) is 0 Å². The molecule has 0 aromatic carbocycles. The van der Waals surface area contributed by atoms with E-state index in [4.69, 9.17) is 5.73 Å². The first-order valence-corrected chi connectivity index (χ1v) is 6.63. The third-order valence-electron chi connectivity index (χ3n) is 2.33. The third-order valence-corrected chi connectivity index (χ3v) is 3.78. The lowest BCUT2D eigenvalue weighted by Gasteiger charge is -2.15. The van der Waals surface area contributed by atoms with Crippen LogP contribution < -0.4 is 10.5 Å². The minimum atomic E-state index is -3.24. The molecular weight excluding hydrogens is 218 g/mol. The van der Waals surface area contributed by atoms with Gasteiger partial charge in [0.2, 0.25) is 15.9 Å². The van der Waals surface area contributed by atoms with E-state index in [1.54, 1.807) is 6.92 Å². The fourth-order valence-electron chi connectivity index (χ4n) is 1.51. The number of nitrogens with one attached hydrogen (secondary N) is 1. The zero-order valence-electron chi connectivity index (χ0n) is 8.77. The van der Waals surface area contributed by atoms with Crippen LogP contribution in [0.1, 0.15) is 13.3 Å². The second kappa shape index (κ2) is 4.91. The van der Waals surface area contributed by atoms with Crippen LogP contribution in [-0.2, 0) is 14.8 Å². The summed E-state index contributed by atoms with van der Waals surface area (Å²) in [6.45, 7) is 2.87. The molecule has 0 spiro atoms. The average molecular weight is 235 g/mol. The normalized spacial score (nSPS) is 22.4. The number of amides is 1. The van der Waals surface area contributed by atoms with Crippen molar-refractivity contribution in [1.29, 1.82) is 0 Å². The number of sulfonamides is 1. The van der Waals surface area contributed by atoms with Gasteiger partial charge in [-0.3, -0.25) is 4.79 Å². The van der Waals surface area contributed by atoms with Crippen molar-refractivity contribution in [3.05, 3.63) is 0 Å². The molecule has 1 heterocycles. The van der Waals surface area contributed by atoms with E-state index in [0.717, 1.165) is 0 Å². The van der Waals surface area contributed by atoms with E-state index >= 15 is 0 Å². The van der Waals surface area contributed by atoms with Crippen LogP contribution in [-0.4, -0.2) is 50.7 Å². The number of nitrogens with two attached hydrogens (primary N) is 1. The number of rotatable bonds is 5. The summed E-state index contributed by atoms with van der Waals surface area (Å²) in [4.78, 5) is 12.9. The lowest BCUT2D eigenvalue weighted by Crippen LogP contribution is -2.38. The summed E-state index contributed by atoms with van der Waals surface area (Å²) in [6.07, 6.45) is 0.611. The van der Waals surface area contributed by atoms with Gasteiger partial charge in [-0.1, -0.05) is 6.92 Å². The van der Waals surface area contributed by atoms with Gasteiger partial charge in [-0.05, 0) is 6.42 Å². The minimum Gasteiger partial charge on any atom is -0.340 e. The molecule has 0 aromatic heterocycles. The van der Waals surface area contributed by atoms with Crippen molar-refractivity contribution in [3.8, 4) is 0 Å². The van der Waals surface area contributed by atoms with Gasteiger partial charge in [-0.25, -0.2) is 13.1 Å². The summed E-state index contributed by atoms with van der Waals surface area (Å²) in [5, 5.41) is 0. The predicted octanol–water partition coefficient (Wildman–Crippen LogP) is -1.51. The van der Waals surface area contributed by atoms with Crippen LogP contribution >= 0.6 is 0 Å². The van der Waals surface area contributed by atoms with Crippen molar-refractivity contribution in [2.75, 3.05) is 25.4 Å². The van der Waals surface area contributed by atoms with Gasteiger partial charge in [0.05, 0.1) is 11.8 Å². The summed E-state index contributed by atoms with van der Waals surface area (Å²) in [6, 6.07) is -0.452. The zero-order valence-corrected chi connectivity index (χ0v) is 9.59. The molecule has 6 nitrogen and oxygen atoms in total. The number of carbonyl (C=O) groups is 1. The molecule has 1 aliphatic rings. The molecule has 0 bridgehead atoms. The first-order chi connectivity index (χ1) is 6.96. The molecular formula is C8H17N3O3S. The van der Waals surface area contributed by atoms with Crippen molar-refractivity contribution < 1.29 is 13.2 Å². The quantitative estimate of drug-likeness (QED) is 0.605. The van der Waals surface area contributed by atoms with E-state index in [0.29, 0.717) is 19.5 Å². The molecule has 0 saturated carbocycles. The minimum absolute atomic E-state index is 0.0563. The molecule has 0 aromatic rings. The van der Waals surface area contributed by atoms with Crippen LogP contribution in [0.3, 0.4) is 0 Å². The lowest BCUT2D eigenvalue weighted by atomic mass is 10.3. The smallest absolute Gasteiger partial charge is 0.239 e. The molecule has 1 amide bonds. The maximum atomic E-state index is 11.4. The molecule has 15 heavy (non-hydrogen) atoms. The summed E-state index contributed by atoms with van der Waals surface area (Å²) < 4.78 is 25.0. The average Bonchev–Trinajstić information content (AvgIpc) is 2.45. The van der Waals surface area contributed by atoms with Crippen LogP contribution in [0.5, 0.6) is 0 Å². The highest BCUT2D eigenvalue weighted by molar-refractivity contribution is 7.89. The highest BCUT2D eigenvalue weighted by Gasteiger charge is 2.28. The van der Waals surface area contributed by atoms with E-state index in [1.807, 2.05) is 0 Å². The second-order valence-corrected chi connectivity index (χ2v) is 5.46. The Morgan fingerprint density at radius 1 is 1.60 bits per heavy atom. The Morgan fingerprint density at radius 2 is 2.27 bits per heavy atom. The SMILES string of the molecule is CCNS(=O)(=O)CCN1CCC(N)C1=O. The third kappa shape index (κ3) is 3.44. The topological polar surface area (TPSA) is 92.5 Å². The molecule has 1 atom stereocenters. The monoisotopic (exact) mass is 235 g/mol. The standard InChI is InChI=1S/C8H17N3O3S/c1-2-10-15(13,14)6-5-11-4-3-7(9)8(11)12/h7,10H,2-6,9H2,1H3. The Labute approximate surface area is 89.9 Å². The van der Waals surface area contributed by atoms with Crippen molar-refractivity contribution in [3.63, 3.8) is 0 Å². The number of hydrogen-bond acceptors (Lipinski definition) is 4. The van der Waals surface area contributed by atoms with Crippen molar-refractivity contribution in [1.82, 2.24) is 9.62 Å². The van der Waals surface area contributed by atoms with E-state index < -0.39 is 16.1 Å². The van der Waals surface area contributed by atoms with Gasteiger partial charge >= 0.3 is 0 Å². The molecule has 1 fully saturated rings. The van der Waals surface area contributed by atoms with Gasteiger partial charge in [-0.2, -0.15) is 0 Å². The van der Waals surface area contributed by atoms with E-state index in [1.165, 1.54) is 4.90 Å². The van der Waals surface area contributed by atoms with Gasteiger partial charge in [0, 0.05) is 19.6 Å². The molecule has 1 aliphatic heterocycles. The highest BCUT2D eigenvalue weighted by Crippen LogP contribution is 2.08. The maximum Gasteiger partial charge on any atom is 0.239 e. The van der Waals surface area contributed by atoms with Crippen molar-refractivity contribution >= 4 is 15.9 Å². The van der Waals surface area contributed by atoms with E-state index in [9.17, 15) is 13.2 Å². The van der Waals surface area contributed by atoms with Crippen molar-refractivity contribution in [2.45, 2.75) is 19.4 Å². The highest BCUT2D eigenvalue weighted by atomic mass is 32.2. The maximum absolute atomic E-state index is 11.4. The van der Waals surface area contributed by atoms with E-state index in [-0.39, 0.29) is 18.2 Å². The Kier molecular flexibility index (Phi) is 4.06. The predicted molar refractivity (Wildman–Crippen MR) is 56.6 cm³/mol. The second-order valence-electron chi connectivity index (χ2n) is 3.54. The first-order valence-electron chi connectivity index (χ1n) is 4.98. The summed E-state index contributed by atoms with van der Waals surface area (Å²) in [5.74, 6) is -0.207. The lowest BCUT2D eigenvalue weighted by molar-refractivity contribution is -0.128. The fraction of sp³-hybridized carbons (Fsp3) is 0.875. The number of hydrogen-bond donors (Lipinski definition) is 2. The van der Waals surface area contributed by atoms with E-state index in [2.05, 4.69) is 4.72 Å². The number of likely N-dealkylation sites (tertiary alicyclic amines) is 1. The molecule has 1 saturated heterocycles. The van der Waals surface area contributed by atoms with Gasteiger partial charge in [0.15, 0.2) is 0 Å². The van der Waals surface area contributed by atoms with Crippen LogP contribution in [0.15, 0.2) is 0 Å². The van der Waals surface area contributed by atoms with Gasteiger partial charge < -0.3 is 10.6 Å².